The zero-order chi connectivity index (χ0) is 52.1. The average molecular weight is 1070 g/mol. The van der Waals surface area contributed by atoms with E-state index in [4.69, 9.17) is 4.98 Å². The molecule has 9 heteroatoms. The topological polar surface area (TPSA) is 43.1 Å². The molecule has 0 radical (unpaired) electrons. The molecule has 67 heavy (non-hydrogen) atoms. The first-order chi connectivity index (χ1) is 35.3. The van der Waals surface area contributed by atoms with Crippen LogP contribution in [0.15, 0.2) is 158 Å². The number of rotatable bonds is 10. The van der Waals surface area contributed by atoms with Crippen LogP contribution in [0.4, 0.5) is 17.6 Å². The molecule has 0 aliphatic carbocycles. The summed E-state index contributed by atoms with van der Waals surface area (Å²) in [6.07, 6.45) is -8.08. The third kappa shape index (κ3) is 8.30. The molecule has 0 amide bonds. The Morgan fingerprint density at radius 1 is 0.537 bits per heavy atom. The Morgan fingerprint density at radius 3 is 1.70 bits per heavy atom. The van der Waals surface area contributed by atoms with Crippen LogP contribution in [0.2, 0.25) is 0 Å². The molecule has 5 heterocycles. The largest absolute Gasteiger partial charge is 3.00 e. The maximum atomic E-state index is 14.7. The summed E-state index contributed by atoms with van der Waals surface area (Å²) in [5, 5.41) is 2.68. The minimum absolute atomic E-state index is 0. The number of pyridine rings is 4. The second kappa shape index (κ2) is 18.2. The normalized spacial score (nSPS) is 14.1. The quantitative estimate of drug-likeness (QED) is 0.0779. The van der Waals surface area contributed by atoms with Crippen LogP contribution in [0, 0.1) is 48.4 Å². The molecule has 0 saturated heterocycles. The van der Waals surface area contributed by atoms with Crippen LogP contribution in [0.3, 0.4) is 0 Å². The Bertz CT molecular complexity index is 3920. The van der Waals surface area contributed by atoms with Crippen molar-refractivity contribution in [2.24, 2.45) is 0 Å². The monoisotopic (exact) mass is 1070 g/mol. The van der Waals surface area contributed by atoms with Crippen LogP contribution >= 0.6 is 0 Å². The van der Waals surface area contributed by atoms with Gasteiger partial charge in [0.15, 0.2) is 0 Å². The van der Waals surface area contributed by atoms with E-state index in [1.807, 2.05) is 48.5 Å². The van der Waals surface area contributed by atoms with Gasteiger partial charge in [-0.3, -0.25) is 17.6 Å². The summed E-state index contributed by atoms with van der Waals surface area (Å²) in [6.45, 7) is 2.06. The molecule has 0 N–H and O–H groups in total. The van der Waals surface area contributed by atoms with E-state index in [9.17, 15) is 28.5 Å². The molecule has 0 saturated carbocycles. The van der Waals surface area contributed by atoms with Crippen molar-refractivity contribution in [3.8, 4) is 44.8 Å². The number of nitrogens with zero attached hydrogens (tertiary/aromatic N) is 4. The summed E-state index contributed by atoms with van der Waals surface area (Å²) in [7, 11) is 0. The molecule has 11 rings (SSSR count). The predicted molar refractivity (Wildman–Crippen MR) is 254 cm³/mol. The van der Waals surface area contributed by atoms with Crippen molar-refractivity contribution < 1.29 is 48.6 Å². The van der Waals surface area contributed by atoms with Crippen LogP contribution in [-0.2, 0) is 45.6 Å². The molecule has 5 aromatic heterocycles. The standard InChI is InChI=1S/C58H37F4N4.Ir/c1-35-44-8-4-6-12-55(44)66-56-13-7-5-11-49(56)57-50(58(35)66)29-41(34-65-57)46-10-3-2-9-45(46)40-27-38(16-14-36-18-24-53(63-32-36)47-22-20-42(59)30-51(47)61)26-39(28-40)17-15-37-19-25-54(64-33-37)48-23-21-43(60)31-52(48)62;/h2-10,12-13,18-21,24-34H,14-17H2,1H3;/q-3;+3/i14D2,15D2,16D2,17D2;. The molecule has 0 aliphatic heterocycles. The number of fused-ring (bicyclic) bond motifs is 8. The first-order valence-corrected chi connectivity index (χ1v) is 20.8. The Labute approximate surface area is 409 Å². The summed E-state index contributed by atoms with van der Waals surface area (Å²) in [4.78, 5) is 13.4. The fourth-order valence-corrected chi connectivity index (χ4v) is 8.49. The molecule has 11 aromatic rings. The molecule has 6 aromatic carbocycles. The number of halogens is 4. The molecule has 0 aliphatic rings. The van der Waals surface area contributed by atoms with E-state index in [0.717, 1.165) is 68.9 Å². The van der Waals surface area contributed by atoms with Crippen molar-refractivity contribution in [1.82, 2.24) is 19.4 Å². The Hall–Kier alpha value is -7.32. The van der Waals surface area contributed by atoms with Gasteiger partial charge in [0.2, 0.25) is 0 Å². The van der Waals surface area contributed by atoms with Crippen LogP contribution in [0.5, 0.6) is 0 Å². The number of para-hydroxylation sites is 1. The summed E-state index contributed by atoms with van der Waals surface area (Å²) in [5.41, 5.74) is 4.83. The maximum absolute atomic E-state index is 14.7. The number of hydrogen-bond donors (Lipinski definition) is 0. The molecule has 0 atom stereocenters. The second-order valence-electron chi connectivity index (χ2n) is 15.7. The minimum Gasteiger partial charge on any atom is -0.351 e. The smallest absolute Gasteiger partial charge is 0.351 e. The van der Waals surface area contributed by atoms with Crippen molar-refractivity contribution in [2.75, 3.05) is 0 Å². The predicted octanol–water partition coefficient (Wildman–Crippen LogP) is 14.1. The van der Waals surface area contributed by atoms with E-state index in [0.29, 0.717) is 34.3 Å². The Kier molecular flexibility index (Phi) is 9.47. The molecular weight excluding hydrogens is 1020 g/mol. The van der Waals surface area contributed by atoms with Gasteiger partial charge in [-0.15, -0.1) is 53.9 Å². The van der Waals surface area contributed by atoms with Gasteiger partial charge in [-0.25, -0.2) is 0 Å². The second-order valence-corrected chi connectivity index (χ2v) is 15.7. The van der Waals surface area contributed by atoms with E-state index in [-0.39, 0.29) is 70.4 Å². The number of benzene rings is 6. The zero-order valence-corrected chi connectivity index (χ0v) is 37.5. The number of aryl methyl sites for hydroxylation is 5. The third-order valence-electron chi connectivity index (χ3n) is 11.5. The minimum atomic E-state index is -3.01. The molecule has 326 valence electrons. The summed E-state index contributed by atoms with van der Waals surface area (Å²) < 4.78 is 135. The van der Waals surface area contributed by atoms with E-state index >= 15 is 0 Å². The third-order valence-corrected chi connectivity index (χ3v) is 11.5. The Morgan fingerprint density at radius 2 is 1.10 bits per heavy atom. The molecule has 4 nitrogen and oxygen atoms in total. The van der Waals surface area contributed by atoms with E-state index in [2.05, 4.69) is 51.6 Å². The van der Waals surface area contributed by atoms with Crippen molar-refractivity contribution in [1.29, 1.82) is 0 Å². The Balaban J connectivity index is 0.00000641. The van der Waals surface area contributed by atoms with Gasteiger partial charge in [-0.05, 0) is 116 Å². The van der Waals surface area contributed by atoms with Crippen molar-refractivity contribution in [3.05, 3.63) is 227 Å². The fourth-order valence-electron chi connectivity index (χ4n) is 8.49. The van der Waals surface area contributed by atoms with Gasteiger partial charge in [0.1, 0.15) is 0 Å². The van der Waals surface area contributed by atoms with E-state index in [1.54, 1.807) is 18.3 Å². The van der Waals surface area contributed by atoms with Gasteiger partial charge in [-0.1, -0.05) is 114 Å². The van der Waals surface area contributed by atoms with Crippen LogP contribution < -0.4 is 0 Å². The number of hydrogen-bond acceptors (Lipinski definition) is 3. The van der Waals surface area contributed by atoms with Gasteiger partial charge in [0.25, 0.3) is 0 Å². The van der Waals surface area contributed by atoms with Crippen molar-refractivity contribution in [2.45, 2.75) is 32.4 Å². The van der Waals surface area contributed by atoms with Gasteiger partial charge in [0, 0.05) is 69.2 Å². The molecule has 0 spiro atoms. The van der Waals surface area contributed by atoms with Crippen molar-refractivity contribution in [3.63, 3.8) is 0 Å². The summed E-state index contributed by atoms with van der Waals surface area (Å²) in [5.74, 6) is -3.63. The van der Waals surface area contributed by atoms with Gasteiger partial charge in [0.05, 0.1) is 0 Å². The number of aromatic nitrogens is 4. The summed E-state index contributed by atoms with van der Waals surface area (Å²) in [6, 6.07) is 43.4. The van der Waals surface area contributed by atoms with Crippen LogP contribution in [-0.4, -0.2) is 19.4 Å². The van der Waals surface area contributed by atoms with E-state index < -0.39 is 48.8 Å². The van der Waals surface area contributed by atoms with Crippen molar-refractivity contribution >= 4 is 38.2 Å². The van der Waals surface area contributed by atoms with Crippen LogP contribution in [0.1, 0.15) is 38.8 Å². The zero-order valence-electron chi connectivity index (χ0n) is 43.1. The van der Waals surface area contributed by atoms with Gasteiger partial charge >= 0.3 is 20.1 Å². The van der Waals surface area contributed by atoms with Crippen LogP contribution in [0.25, 0.3) is 83.0 Å². The van der Waals surface area contributed by atoms with E-state index in [1.165, 1.54) is 36.4 Å². The molecule has 0 unspecified atom stereocenters. The van der Waals surface area contributed by atoms with Gasteiger partial charge < -0.3 is 19.4 Å². The first-order valence-electron chi connectivity index (χ1n) is 24.8. The molecule has 0 fully saturated rings. The average Bonchev–Trinajstić information content (AvgIpc) is 3.70. The first kappa shape index (κ1) is 34.9. The summed E-state index contributed by atoms with van der Waals surface area (Å²) >= 11 is 0. The van der Waals surface area contributed by atoms with Gasteiger partial charge in [-0.2, -0.15) is 0 Å². The maximum Gasteiger partial charge on any atom is 3.00 e. The SMILES string of the molecule is [2H]C([2H])(c1ccc(-c2[c-]cc(F)cc2F)nc1)C([2H])([2H])c1cc(-c2ccccc2-c2cnc3c4[c-]cccc4n4c5ccccc5c(C)c4c3c2)cc(C([2H])([2H])C([2H])([2H])c2ccc(-c3[c-]cc(F)cc3F)nc2)c1.[Ir+3]. The molecular formula is C58H37F4IrN4. The fraction of sp³-hybridized carbons (Fsp3) is 0.0862. The molecule has 0 bridgehead atoms.